The molecule has 2 saturated heterocycles. The molecular weight excluding hydrogens is 435 g/mol. The van der Waals surface area contributed by atoms with E-state index in [0.717, 1.165) is 57.7 Å². The first-order valence-corrected chi connectivity index (χ1v) is 12.3. The summed E-state index contributed by atoms with van der Waals surface area (Å²) in [6.07, 6.45) is 4.91. The van der Waals surface area contributed by atoms with Crippen LogP contribution in [0, 0.1) is 5.82 Å². The lowest BCUT2D eigenvalue weighted by Gasteiger charge is -2.38. The van der Waals surface area contributed by atoms with Crippen molar-refractivity contribution >= 4 is 5.91 Å². The molecule has 1 amide bonds. The maximum absolute atomic E-state index is 13.0. The molecule has 184 valence electrons. The molecule has 1 N–H and O–H groups in total. The van der Waals surface area contributed by atoms with Gasteiger partial charge in [-0.1, -0.05) is 12.1 Å². The lowest BCUT2D eigenvalue weighted by molar-refractivity contribution is -0.133. The van der Waals surface area contributed by atoms with Crippen LogP contribution in [-0.2, 0) is 11.3 Å². The predicted molar refractivity (Wildman–Crippen MR) is 128 cm³/mol. The second-order valence-corrected chi connectivity index (χ2v) is 9.43. The number of halogens is 1. The van der Waals surface area contributed by atoms with Gasteiger partial charge < -0.3 is 19.5 Å². The van der Waals surface area contributed by atoms with Gasteiger partial charge in [0, 0.05) is 39.1 Å². The molecule has 4 rings (SSSR count). The zero-order chi connectivity index (χ0) is 23.8. The Morgan fingerprint density at radius 2 is 1.59 bits per heavy atom. The van der Waals surface area contributed by atoms with Crippen molar-refractivity contribution in [2.45, 2.75) is 50.7 Å². The summed E-state index contributed by atoms with van der Waals surface area (Å²) in [5.41, 5.74) is 0.348. The molecule has 0 radical (unpaired) electrons. The molecule has 34 heavy (non-hydrogen) atoms. The van der Waals surface area contributed by atoms with Crippen molar-refractivity contribution in [2.24, 2.45) is 0 Å². The molecule has 0 unspecified atom stereocenters. The van der Waals surface area contributed by atoms with Gasteiger partial charge in [0.15, 0.2) is 0 Å². The average Bonchev–Trinajstić information content (AvgIpc) is 2.85. The highest BCUT2D eigenvalue weighted by Gasteiger charge is 2.33. The summed E-state index contributed by atoms with van der Waals surface area (Å²) in [6, 6.07) is 14.0. The number of benzene rings is 2. The fraction of sp³-hybridized carbons (Fsp3) is 0.519. The molecule has 0 saturated carbocycles. The zero-order valence-electron chi connectivity index (χ0n) is 19.8. The highest BCUT2D eigenvalue weighted by Crippen LogP contribution is 2.25. The number of carbonyl (C=O) groups excluding carboxylic acids is 1. The van der Waals surface area contributed by atoms with Crippen LogP contribution < -0.4 is 9.47 Å². The van der Waals surface area contributed by atoms with Gasteiger partial charge in [-0.15, -0.1) is 0 Å². The van der Waals surface area contributed by atoms with Gasteiger partial charge in [0.1, 0.15) is 29.5 Å². The number of carbonyl (C=O) groups is 1. The lowest BCUT2D eigenvalue weighted by Crippen LogP contribution is -2.47. The van der Waals surface area contributed by atoms with E-state index < -0.39 is 5.60 Å². The van der Waals surface area contributed by atoms with Gasteiger partial charge in [-0.3, -0.25) is 9.69 Å². The third kappa shape index (κ3) is 7.18. The molecular formula is C27H35FN2O4. The average molecular weight is 471 g/mol. The number of amides is 1. The standard InChI is InChI=1S/C27H35FN2O4/c28-23-7-11-25(12-8-23)34-21-27(32)13-17-29(18-14-27)20-22-5-9-24(10-6-22)33-19-3-16-30-15-2-1-4-26(30)31/h5-12,32H,1-4,13-21H2. The first-order valence-electron chi connectivity index (χ1n) is 12.3. The van der Waals surface area contributed by atoms with Crippen LogP contribution >= 0.6 is 0 Å². The summed E-state index contributed by atoms with van der Waals surface area (Å²) >= 11 is 0. The van der Waals surface area contributed by atoms with Gasteiger partial charge >= 0.3 is 0 Å². The Balaban J connectivity index is 1.14. The molecule has 0 bridgehead atoms. The fourth-order valence-corrected chi connectivity index (χ4v) is 4.51. The second kappa shape index (κ2) is 11.7. The van der Waals surface area contributed by atoms with E-state index in [-0.39, 0.29) is 18.3 Å². The quantitative estimate of drug-likeness (QED) is 0.532. The smallest absolute Gasteiger partial charge is 0.222 e. The number of hydrogen-bond donors (Lipinski definition) is 1. The monoisotopic (exact) mass is 470 g/mol. The van der Waals surface area contributed by atoms with Crippen LogP contribution in [0.3, 0.4) is 0 Å². The van der Waals surface area contributed by atoms with E-state index in [0.29, 0.717) is 31.6 Å². The lowest BCUT2D eigenvalue weighted by atomic mass is 9.92. The van der Waals surface area contributed by atoms with Crippen molar-refractivity contribution in [3.63, 3.8) is 0 Å². The minimum atomic E-state index is -0.860. The Hall–Kier alpha value is -2.64. The maximum atomic E-state index is 13.0. The number of rotatable bonds is 10. The highest BCUT2D eigenvalue weighted by atomic mass is 19.1. The van der Waals surface area contributed by atoms with Crippen LogP contribution in [0.25, 0.3) is 0 Å². The Bertz CT molecular complexity index is 911. The second-order valence-electron chi connectivity index (χ2n) is 9.43. The minimum Gasteiger partial charge on any atom is -0.494 e. The van der Waals surface area contributed by atoms with Crippen LogP contribution in [0.2, 0.25) is 0 Å². The molecule has 0 spiro atoms. The van der Waals surface area contributed by atoms with E-state index in [1.54, 1.807) is 12.1 Å². The van der Waals surface area contributed by atoms with E-state index in [1.807, 2.05) is 17.0 Å². The zero-order valence-corrected chi connectivity index (χ0v) is 19.8. The summed E-state index contributed by atoms with van der Waals surface area (Å²) in [5, 5.41) is 10.8. The fourth-order valence-electron chi connectivity index (χ4n) is 4.51. The number of hydrogen-bond acceptors (Lipinski definition) is 5. The summed E-state index contributed by atoms with van der Waals surface area (Å²) < 4.78 is 24.6. The first-order chi connectivity index (χ1) is 16.5. The molecule has 2 aromatic rings. The Morgan fingerprint density at radius 3 is 2.29 bits per heavy atom. The topological polar surface area (TPSA) is 62.2 Å². The molecule has 2 aliphatic rings. The van der Waals surface area contributed by atoms with Crippen LogP contribution in [0.5, 0.6) is 11.5 Å². The molecule has 0 aromatic heterocycles. The van der Waals surface area contributed by atoms with E-state index in [4.69, 9.17) is 9.47 Å². The number of nitrogens with zero attached hydrogens (tertiary/aromatic N) is 2. The normalized spacial score (nSPS) is 18.6. The summed E-state index contributed by atoms with van der Waals surface area (Å²) in [7, 11) is 0. The molecule has 2 fully saturated rings. The Labute approximate surface area is 201 Å². The highest BCUT2D eigenvalue weighted by molar-refractivity contribution is 5.76. The van der Waals surface area contributed by atoms with Crippen LogP contribution in [0.15, 0.2) is 48.5 Å². The molecule has 2 heterocycles. The number of piperidine rings is 2. The van der Waals surface area contributed by atoms with Gasteiger partial charge in [0.25, 0.3) is 0 Å². The van der Waals surface area contributed by atoms with E-state index in [9.17, 15) is 14.3 Å². The third-order valence-electron chi connectivity index (χ3n) is 6.70. The van der Waals surface area contributed by atoms with Crippen molar-refractivity contribution in [3.8, 4) is 11.5 Å². The van der Waals surface area contributed by atoms with Gasteiger partial charge in [-0.2, -0.15) is 0 Å². The van der Waals surface area contributed by atoms with Crippen molar-refractivity contribution in [1.29, 1.82) is 0 Å². The van der Waals surface area contributed by atoms with E-state index in [2.05, 4.69) is 17.0 Å². The number of likely N-dealkylation sites (tertiary alicyclic amines) is 2. The Kier molecular flexibility index (Phi) is 8.40. The van der Waals surface area contributed by atoms with Crippen molar-refractivity contribution in [2.75, 3.05) is 39.4 Å². The van der Waals surface area contributed by atoms with Crippen LogP contribution in [0.1, 0.15) is 44.1 Å². The van der Waals surface area contributed by atoms with Gasteiger partial charge in [-0.25, -0.2) is 4.39 Å². The molecule has 0 aliphatic carbocycles. The van der Waals surface area contributed by atoms with E-state index in [1.165, 1.54) is 17.7 Å². The number of aliphatic hydroxyl groups is 1. The summed E-state index contributed by atoms with van der Waals surface area (Å²) in [5.74, 6) is 1.39. The molecule has 7 heteroatoms. The van der Waals surface area contributed by atoms with Gasteiger partial charge in [0.2, 0.25) is 5.91 Å². The van der Waals surface area contributed by atoms with Crippen LogP contribution in [0.4, 0.5) is 4.39 Å². The SMILES string of the molecule is O=C1CCCCN1CCCOc1ccc(CN2CCC(O)(COc3ccc(F)cc3)CC2)cc1. The molecule has 6 nitrogen and oxygen atoms in total. The first kappa shape index (κ1) is 24.5. The summed E-state index contributed by atoms with van der Waals surface area (Å²) in [4.78, 5) is 16.1. The van der Waals surface area contributed by atoms with Gasteiger partial charge in [-0.05, 0) is 74.1 Å². The predicted octanol–water partition coefficient (Wildman–Crippen LogP) is 4.01. The van der Waals surface area contributed by atoms with Crippen LogP contribution in [-0.4, -0.2) is 65.8 Å². The van der Waals surface area contributed by atoms with Crippen molar-refractivity contribution in [3.05, 3.63) is 59.9 Å². The number of ether oxygens (including phenoxy) is 2. The van der Waals surface area contributed by atoms with Gasteiger partial charge in [0.05, 0.1) is 6.61 Å². The van der Waals surface area contributed by atoms with Crippen molar-refractivity contribution in [1.82, 2.24) is 9.80 Å². The van der Waals surface area contributed by atoms with E-state index >= 15 is 0 Å². The Morgan fingerprint density at radius 1 is 0.912 bits per heavy atom. The molecule has 2 aliphatic heterocycles. The largest absolute Gasteiger partial charge is 0.494 e. The third-order valence-corrected chi connectivity index (χ3v) is 6.70. The minimum absolute atomic E-state index is 0.213. The summed E-state index contributed by atoms with van der Waals surface area (Å²) in [6.45, 7) is 4.87. The van der Waals surface area contributed by atoms with Crippen molar-refractivity contribution < 1.29 is 23.8 Å². The molecule has 0 atom stereocenters. The maximum Gasteiger partial charge on any atom is 0.222 e. The molecule has 2 aromatic carbocycles.